The maximum atomic E-state index is 13.9. The standard InChI is InChI=1S/C29H29ClF4N8/c1-16-19(5-6-23(31)38-16)26(22-13-42(41-40-22)15-28(7-8-28)29(32,33)34)39-18-9-20-24(37-14-27(2,3)4)17(11-35)12-36-25(20)21(30)10-18/h5-6,9-10,12-13,26,39H,7-8,14-15H2,1-4H3,(H,36,37). The number of hydrogen-bond acceptors (Lipinski definition) is 7. The first kappa shape index (κ1) is 29.5. The molecule has 0 amide bonds. The number of alkyl halides is 3. The molecule has 2 N–H and O–H groups in total. The van der Waals surface area contributed by atoms with Gasteiger partial charge in [0.05, 0.1) is 46.0 Å². The van der Waals surface area contributed by atoms with E-state index in [2.05, 4.69) is 57.8 Å². The number of rotatable bonds is 8. The molecule has 220 valence electrons. The number of benzene rings is 1. The second-order valence-corrected chi connectivity index (χ2v) is 12.3. The van der Waals surface area contributed by atoms with Gasteiger partial charge in [0.15, 0.2) is 0 Å². The van der Waals surface area contributed by atoms with Crippen LogP contribution in [-0.4, -0.2) is 37.7 Å². The van der Waals surface area contributed by atoms with E-state index in [0.717, 1.165) is 0 Å². The van der Waals surface area contributed by atoms with E-state index < -0.39 is 23.6 Å². The van der Waals surface area contributed by atoms with E-state index in [1.54, 1.807) is 25.1 Å². The first-order chi connectivity index (χ1) is 19.7. The van der Waals surface area contributed by atoms with Crippen molar-refractivity contribution in [2.45, 2.75) is 59.3 Å². The van der Waals surface area contributed by atoms with Crippen molar-refractivity contribution in [1.82, 2.24) is 25.0 Å². The van der Waals surface area contributed by atoms with Gasteiger partial charge in [0.1, 0.15) is 11.8 Å². The number of aromatic nitrogens is 5. The Balaban J connectivity index is 1.56. The number of nitrogens with one attached hydrogen (secondary N) is 2. The molecule has 1 unspecified atom stereocenters. The van der Waals surface area contributed by atoms with Gasteiger partial charge in [0, 0.05) is 35.1 Å². The van der Waals surface area contributed by atoms with Crippen LogP contribution in [0.25, 0.3) is 10.9 Å². The highest BCUT2D eigenvalue weighted by Gasteiger charge is 2.63. The molecule has 0 saturated heterocycles. The Morgan fingerprint density at radius 1 is 1.19 bits per heavy atom. The van der Waals surface area contributed by atoms with E-state index in [0.29, 0.717) is 56.4 Å². The average molecular weight is 601 g/mol. The van der Waals surface area contributed by atoms with Gasteiger partial charge in [0.25, 0.3) is 0 Å². The minimum Gasteiger partial charge on any atom is -0.383 e. The number of hydrogen-bond donors (Lipinski definition) is 2. The van der Waals surface area contributed by atoms with Crippen molar-refractivity contribution in [2.75, 3.05) is 17.2 Å². The first-order valence-electron chi connectivity index (χ1n) is 13.3. The van der Waals surface area contributed by atoms with Crippen LogP contribution in [0.15, 0.2) is 36.7 Å². The number of pyridine rings is 2. The monoisotopic (exact) mass is 600 g/mol. The van der Waals surface area contributed by atoms with E-state index in [-0.39, 0.29) is 24.8 Å². The molecule has 0 spiro atoms. The summed E-state index contributed by atoms with van der Waals surface area (Å²) in [5.41, 5.74) is 1.26. The molecule has 42 heavy (non-hydrogen) atoms. The lowest BCUT2D eigenvalue weighted by Crippen LogP contribution is -2.29. The zero-order chi connectivity index (χ0) is 30.4. The summed E-state index contributed by atoms with van der Waals surface area (Å²) in [6.45, 7) is 8.04. The SMILES string of the molecule is Cc1nc(F)ccc1C(Nc1cc(Cl)c2ncc(C#N)c(NCC(C)(C)C)c2c1)c1cn(CC2(C(F)(F)F)CC2)nn1. The number of anilines is 2. The van der Waals surface area contributed by atoms with Crippen molar-refractivity contribution in [3.63, 3.8) is 0 Å². The summed E-state index contributed by atoms with van der Waals surface area (Å²) in [6.07, 6.45) is -1.34. The van der Waals surface area contributed by atoms with Crippen molar-refractivity contribution in [3.05, 3.63) is 70.1 Å². The van der Waals surface area contributed by atoms with Crippen LogP contribution in [0.2, 0.25) is 5.02 Å². The molecular formula is C29H29ClF4N8. The smallest absolute Gasteiger partial charge is 0.383 e. The highest BCUT2D eigenvalue weighted by Crippen LogP contribution is 2.58. The summed E-state index contributed by atoms with van der Waals surface area (Å²) in [4.78, 5) is 8.32. The Bertz CT molecular complexity index is 1680. The van der Waals surface area contributed by atoms with E-state index in [9.17, 15) is 22.8 Å². The van der Waals surface area contributed by atoms with Crippen molar-refractivity contribution < 1.29 is 17.6 Å². The van der Waals surface area contributed by atoms with Gasteiger partial charge in [-0.1, -0.05) is 43.7 Å². The van der Waals surface area contributed by atoms with Crippen LogP contribution in [0.5, 0.6) is 0 Å². The van der Waals surface area contributed by atoms with Crippen LogP contribution in [0.3, 0.4) is 0 Å². The van der Waals surface area contributed by atoms with E-state index in [4.69, 9.17) is 11.6 Å². The highest BCUT2D eigenvalue weighted by molar-refractivity contribution is 6.35. The second-order valence-electron chi connectivity index (χ2n) is 11.9. The molecule has 4 aromatic rings. The number of nitrogens with zero attached hydrogens (tertiary/aromatic N) is 6. The van der Waals surface area contributed by atoms with Gasteiger partial charge >= 0.3 is 6.18 Å². The summed E-state index contributed by atoms with van der Waals surface area (Å²) < 4.78 is 55.9. The molecule has 1 saturated carbocycles. The lowest BCUT2D eigenvalue weighted by molar-refractivity contribution is -0.191. The predicted octanol–water partition coefficient (Wildman–Crippen LogP) is 7.20. The molecule has 0 bridgehead atoms. The summed E-state index contributed by atoms with van der Waals surface area (Å²) in [5, 5.41) is 25.6. The summed E-state index contributed by atoms with van der Waals surface area (Å²) in [7, 11) is 0. The maximum absolute atomic E-state index is 13.9. The van der Waals surface area contributed by atoms with Crippen LogP contribution in [-0.2, 0) is 6.54 Å². The molecule has 5 rings (SSSR count). The quantitative estimate of drug-likeness (QED) is 0.163. The Morgan fingerprint density at radius 2 is 1.93 bits per heavy atom. The van der Waals surface area contributed by atoms with Gasteiger partial charge in [-0.2, -0.15) is 22.8 Å². The Hall–Kier alpha value is -3.98. The third-order valence-corrected chi connectivity index (χ3v) is 7.62. The van der Waals surface area contributed by atoms with Crippen molar-refractivity contribution >= 4 is 33.9 Å². The van der Waals surface area contributed by atoms with E-state index >= 15 is 0 Å². The summed E-state index contributed by atoms with van der Waals surface area (Å²) in [5.74, 6) is -0.669. The molecule has 8 nitrogen and oxygen atoms in total. The number of aryl methyl sites for hydroxylation is 1. The van der Waals surface area contributed by atoms with Crippen LogP contribution in [0.4, 0.5) is 28.9 Å². The number of nitriles is 1. The maximum Gasteiger partial charge on any atom is 0.396 e. The van der Waals surface area contributed by atoms with Gasteiger partial charge in [-0.25, -0.2) is 4.98 Å². The Labute approximate surface area is 245 Å². The lowest BCUT2D eigenvalue weighted by Gasteiger charge is -2.23. The van der Waals surface area contributed by atoms with Crippen LogP contribution >= 0.6 is 11.6 Å². The third-order valence-electron chi connectivity index (χ3n) is 7.33. The largest absolute Gasteiger partial charge is 0.396 e. The molecule has 1 atom stereocenters. The van der Waals surface area contributed by atoms with E-state index in [1.807, 2.05) is 0 Å². The molecule has 1 aliphatic rings. The fourth-order valence-corrected chi connectivity index (χ4v) is 5.08. The summed E-state index contributed by atoms with van der Waals surface area (Å²) in [6, 6.07) is 7.59. The van der Waals surface area contributed by atoms with Crippen LogP contribution in [0, 0.1) is 35.0 Å². The lowest BCUT2D eigenvalue weighted by atomic mass is 9.96. The zero-order valence-electron chi connectivity index (χ0n) is 23.4. The zero-order valence-corrected chi connectivity index (χ0v) is 24.2. The second kappa shape index (κ2) is 10.7. The van der Waals surface area contributed by atoms with Gasteiger partial charge < -0.3 is 10.6 Å². The number of fused-ring (bicyclic) bond motifs is 1. The average Bonchev–Trinajstić information content (AvgIpc) is 3.55. The van der Waals surface area contributed by atoms with Gasteiger partial charge in [-0.05, 0) is 43.4 Å². The van der Waals surface area contributed by atoms with E-state index in [1.165, 1.54) is 23.1 Å². The molecule has 1 aromatic carbocycles. The number of halogens is 5. The summed E-state index contributed by atoms with van der Waals surface area (Å²) >= 11 is 6.66. The van der Waals surface area contributed by atoms with Crippen molar-refractivity contribution in [1.29, 1.82) is 5.26 Å². The van der Waals surface area contributed by atoms with Crippen molar-refractivity contribution in [2.24, 2.45) is 10.8 Å². The molecule has 3 heterocycles. The molecule has 3 aromatic heterocycles. The molecule has 0 radical (unpaired) electrons. The van der Waals surface area contributed by atoms with Gasteiger partial charge in [-0.15, -0.1) is 5.10 Å². The van der Waals surface area contributed by atoms with Gasteiger partial charge in [0.2, 0.25) is 5.95 Å². The highest BCUT2D eigenvalue weighted by atomic mass is 35.5. The molecular weight excluding hydrogens is 572 g/mol. The first-order valence-corrected chi connectivity index (χ1v) is 13.7. The third kappa shape index (κ3) is 5.97. The minimum absolute atomic E-state index is 0.0360. The molecule has 0 aliphatic heterocycles. The predicted molar refractivity (Wildman–Crippen MR) is 152 cm³/mol. The molecule has 1 fully saturated rings. The minimum atomic E-state index is -4.34. The molecule has 1 aliphatic carbocycles. The fraction of sp³-hybridized carbons (Fsp3) is 0.414. The topological polar surface area (TPSA) is 104 Å². The van der Waals surface area contributed by atoms with Gasteiger partial charge in [-0.3, -0.25) is 9.67 Å². The molecule has 13 heteroatoms. The Kier molecular flexibility index (Phi) is 7.51. The van der Waals surface area contributed by atoms with Crippen LogP contribution in [0.1, 0.15) is 62.2 Å². The van der Waals surface area contributed by atoms with Crippen molar-refractivity contribution in [3.8, 4) is 6.07 Å². The fourth-order valence-electron chi connectivity index (χ4n) is 4.81. The Morgan fingerprint density at radius 3 is 2.55 bits per heavy atom. The van der Waals surface area contributed by atoms with Crippen LogP contribution < -0.4 is 10.6 Å². The normalized spacial score (nSPS) is 15.3.